The number of aromatic nitrogens is 5. The number of thiophene rings is 1. The number of fused-ring (bicyclic) bond motifs is 1. The van der Waals surface area contributed by atoms with E-state index in [0.717, 1.165) is 28.4 Å². The molecule has 0 spiro atoms. The van der Waals surface area contributed by atoms with Crippen LogP contribution in [0, 0.1) is 0 Å². The molecule has 3 heterocycles. The summed E-state index contributed by atoms with van der Waals surface area (Å²) >= 11 is 1.62. The Bertz CT molecular complexity index is 645. The average molecular weight is 260 g/mol. The van der Waals surface area contributed by atoms with E-state index in [9.17, 15) is 0 Å². The van der Waals surface area contributed by atoms with Gasteiger partial charge in [0.2, 0.25) is 0 Å². The van der Waals surface area contributed by atoms with Gasteiger partial charge in [0.25, 0.3) is 0 Å². The smallest absolute Gasteiger partial charge is 0.153 e. The molecular weight excluding hydrogens is 248 g/mol. The van der Waals surface area contributed by atoms with Gasteiger partial charge in [0.15, 0.2) is 5.82 Å². The monoisotopic (exact) mass is 260 g/mol. The van der Waals surface area contributed by atoms with Crippen LogP contribution in [0.25, 0.3) is 10.2 Å². The van der Waals surface area contributed by atoms with Gasteiger partial charge in [-0.05, 0) is 18.4 Å². The van der Waals surface area contributed by atoms with E-state index >= 15 is 0 Å². The van der Waals surface area contributed by atoms with E-state index in [1.54, 1.807) is 22.3 Å². The van der Waals surface area contributed by atoms with Crippen LogP contribution in [-0.2, 0) is 6.54 Å². The van der Waals surface area contributed by atoms with Gasteiger partial charge in [-0.2, -0.15) is 5.10 Å². The zero-order valence-electron chi connectivity index (χ0n) is 9.87. The molecule has 0 aliphatic heterocycles. The van der Waals surface area contributed by atoms with Crippen molar-refractivity contribution in [3.63, 3.8) is 0 Å². The molecule has 0 fully saturated rings. The van der Waals surface area contributed by atoms with Gasteiger partial charge in [-0.25, -0.2) is 19.6 Å². The highest BCUT2D eigenvalue weighted by atomic mass is 32.1. The van der Waals surface area contributed by atoms with Crippen molar-refractivity contribution >= 4 is 27.4 Å². The second-order valence-corrected chi connectivity index (χ2v) is 4.65. The van der Waals surface area contributed by atoms with E-state index in [2.05, 4.69) is 32.3 Å². The third-order valence-corrected chi connectivity index (χ3v) is 3.29. The van der Waals surface area contributed by atoms with Crippen molar-refractivity contribution in [1.82, 2.24) is 24.7 Å². The van der Waals surface area contributed by atoms with Gasteiger partial charge in [0.05, 0.1) is 5.39 Å². The maximum Gasteiger partial charge on any atom is 0.153 e. The fourth-order valence-corrected chi connectivity index (χ4v) is 2.51. The Morgan fingerprint density at radius 1 is 1.39 bits per heavy atom. The van der Waals surface area contributed by atoms with Crippen LogP contribution in [0.15, 0.2) is 24.1 Å². The first-order valence-electron chi connectivity index (χ1n) is 5.67. The maximum absolute atomic E-state index is 4.53. The predicted octanol–water partition coefficient (Wildman–Crippen LogP) is 1.76. The van der Waals surface area contributed by atoms with E-state index in [4.69, 9.17) is 0 Å². The molecule has 0 aromatic carbocycles. The van der Waals surface area contributed by atoms with Crippen LogP contribution in [0.5, 0.6) is 0 Å². The fraction of sp³-hybridized carbons (Fsp3) is 0.273. The van der Waals surface area contributed by atoms with Gasteiger partial charge in [0, 0.05) is 6.54 Å². The average Bonchev–Trinajstić information content (AvgIpc) is 3.00. The van der Waals surface area contributed by atoms with E-state index in [0.29, 0.717) is 6.54 Å². The Balaban J connectivity index is 2.01. The molecule has 1 N–H and O–H groups in total. The van der Waals surface area contributed by atoms with Crippen LogP contribution >= 0.6 is 11.3 Å². The van der Waals surface area contributed by atoms with Gasteiger partial charge in [-0.3, -0.25) is 0 Å². The quantitative estimate of drug-likeness (QED) is 0.774. The van der Waals surface area contributed by atoms with Gasteiger partial charge >= 0.3 is 0 Å². The van der Waals surface area contributed by atoms with E-state index in [-0.39, 0.29) is 0 Å². The van der Waals surface area contributed by atoms with E-state index < -0.39 is 0 Å². The third kappa shape index (κ3) is 2.04. The van der Waals surface area contributed by atoms with Gasteiger partial charge in [0.1, 0.15) is 29.8 Å². The number of hydrogen-bond donors (Lipinski definition) is 1. The molecule has 0 unspecified atom stereocenters. The first-order chi connectivity index (χ1) is 8.86. The molecular formula is C11H12N6S. The summed E-state index contributed by atoms with van der Waals surface area (Å²) in [6, 6.07) is 2.04. The third-order valence-electron chi connectivity index (χ3n) is 2.49. The van der Waals surface area contributed by atoms with Crippen LogP contribution < -0.4 is 5.32 Å². The van der Waals surface area contributed by atoms with Crippen molar-refractivity contribution in [2.75, 3.05) is 11.9 Å². The number of nitrogens with one attached hydrogen (secondary N) is 1. The van der Waals surface area contributed by atoms with Crippen molar-refractivity contribution in [2.45, 2.75) is 13.5 Å². The molecule has 0 aliphatic rings. The Labute approximate surface area is 108 Å². The van der Waals surface area contributed by atoms with Crippen LogP contribution in [-0.4, -0.2) is 31.3 Å². The predicted molar refractivity (Wildman–Crippen MR) is 70.7 cm³/mol. The highest BCUT2D eigenvalue weighted by Gasteiger charge is 2.08. The first-order valence-corrected chi connectivity index (χ1v) is 6.55. The highest BCUT2D eigenvalue weighted by Crippen LogP contribution is 2.25. The molecule has 92 valence electrons. The molecule has 0 saturated carbocycles. The first kappa shape index (κ1) is 11.1. The van der Waals surface area contributed by atoms with Crippen LogP contribution in [0.2, 0.25) is 0 Å². The Morgan fingerprint density at radius 2 is 2.33 bits per heavy atom. The topological polar surface area (TPSA) is 68.5 Å². The Hall–Kier alpha value is -2.02. The molecule has 0 radical (unpaired) electrons. The minimum absolute atomic E-state index is 0.534. The Kier molecular flexibility index (Phi) is 2.89. The van der Waals surface area contributed by atoms with Gasteiger partial charge < -0.3 is 5.32 Å². The summed E-state index contributed by atoms with van der Waals surface area (Å²) in [6.45, 7) is 3.42. The van der Waals surface area contributed by atoms with Crippen LogP contribution in [0.3, 0.4) is 0 Å². The number of nitrogens with zero attached hydrogens (tertiary/aromatic N) is 5. The summed E-state index contributed by atoms with van der Waals surface area (Å²) in [7, 11) is 0. The lowest BCUT2D eigenvalue weighted by molar-refractivity contribution is 0.657. The van der Waals surface area contributed by atoms with Crippen molar-refractivity contribution in [3.05, 3.63) is 29.9 Å². The molecule has 0 atom stereocenters. The lowest BCUT2D eigenvalue weighted by Gasteiger charge is -2.06. The summed E-state index contributed by atoms with van der Waals surface area (Å²) < 4.78 is 1.71. The molecule has 6 nitrogen and oxygen atoms in total. The number of rotatable bonds is 4. The normalized spacial score (nSPS) is 10.9. The van der Waals surface area contributed by atoms with Crippen LogP contribution in [0.1, 0.15) is 12.7 Å². The van der Waals surface area contributed by atoms with Gasteiger partial charge in [-0.15, -0.1) is 11.3 Å². The molecule has 18 heavy (non-hydrogen) atoms. The van der Waals surface area contributed by atoms with Crippen molar-refractivity contribution in [1.29, 1.82) is 0 Å². The summed E-state index contributed by atoms with van der Waals surface area (Å²) in [4.78, 5) is 14.0. The minimum atomic E-state index is 0.534. The zero-order valence-corrected chi connectivity index (χ0v) is 10.7. The number of hydrogen-bond acceptors (Lipinski definition) is 6. The largest absolute Gasteiger partial charge is 0.370 e. The van der Waals surface area contributed by atoms with Crippen molar-refractivity contribution < 1.29 is 0 Å². The maximum atomic E-state index is 4.53. The molecule has 3 aromatic rings. The van der Waals surface area contributed by atoms with E-state index in [1.165, 1.54) is 6.33 Å². The van der Waals surface area contributed by atoms with E-state index in [1.807, 2.05) is 11.4 Å². The molecule has 0 bridgehead atoms. The molecule has 0 aliphatic carbocycles. The minimum Gasteiger partial charge on any atom is -0.370 e. The number of anilines is 1. The standard InChI is InChI=1S/C11H12N6S/c1-2-13-10-8-3-4-18-11(8)16-9(15-10)5-17-7-12-6-14-17/h3-4,6-7H,2,5H2,1H3,(H,13,15,16). The van der Waals surface area contributed by atoms with Gasteiger partial charge in [-0.1, -0.05) is 0 Å². The zero-order chi connectivity index (χ0) is 12.4. The van der Waals surface area contributed by atoms with Crippen LogP contribution in [0.4, 0.5) is 5.82 Å². The molecule has 7 heteroatoms. The van der Waals surface area contributed by atoms with Crippen molar-refractivity contribution in [2.24, 2.45) is 0 Å². The SMILES string of the molecule is CCNc1nc(Cn2cncn2)nc2sccc12. The molecule has 3 rings (SSSR count). The second-order valence-electron chi connectivity index (χ2n) is 3.75. The highest BCUT2D eigenvalue weighted by molar-refractivity contribution is 7.16. The fourth-order valence-electron chi connectivity index (χ4n) is 1.73. The lowest BCUT2D eigenvalue weighted by Crippen LogP contribution is -2.08. The Morgan fingerprint density at radius 3 is 3.11 bits per heavy atom. The molecule has 3 aromatic heterocycles. The summed E-state index contributed by atoms with van der Waals surface area (Å²) in [6.07, 6.45) is 3.17. The summed E-state index contributed by atoms with van der Waals surface area (Å²) in [5, 5.41) is 10.4. The molecule has 0 amide bonds. The lowest BCUT2D eigenvalue weighted by atomic mass is 10.3. The molecule has 0 saturated heterocycles. The van der Waals surface area contributed by atoms with Crippen molar-refractivity contribution in [3.8, 4) is 0 Å². The summed E-state index contributed by atoms with van der Waals surface area (Å²) in [5.74, 6) is 1.63. The summed E-state index contributed by atoms with van der Waals surface area (Å²) in [5.41, 5.74) is 0. The second kappa shape index (κ2) is 4.69.